The first-order valence-electron chi connectivity index (χ1n) is 5.47. The third-order valence-corrected chi connectivity index (χ3v) is 2.92. The standard InChI is InChI=1S/C10H17N5O/c11-15-9-6-12-5-8(14-9)13-7-10(16)3-1-2-4-10/h5-6,16H,1-4,7,11H2,(H2,13,14,15). The van der Waals surface area contributed by atoms with Crippen LogP contribution < -0.4 is 16.6 Å². The molecule has 1 aromatic rings. The quantitative estimate of drug-likeness (QED) is 0.438. The van der Waals surface area contributed by atoms with E-state index in [1.807, 2.05) is 0 Å². The molecule has 0 radical (unpaired) electrons. The zero-order valence-corrected chi connectivity index (χ0v) is 9.11. The Labute approximate surface area is 94.3 Å². The lowest BCUT2D eigenvalue weighted by molar-refractivity contribution is 0.0614. The summed E-state index contributed by atoms with van der Waals surface area (Å²) >= 11 is 0. The summed E-state index contributed by atoms with van der Waals surface area (Å²) in [6.07, 6.45) is 7.03. The van der Waals surface area contributed by atoms with Gasteiger partial charge in [-0.1, -0.05) is 12.8 Å². The van der Waals surface area contributed by atoms with E-state index in [4.69, 9.17) is 5.84 Å². The molecule has 6 nitrogen and oxygen atoms in total. The number of nitrogens with two attached hydrogens (primary N) is 1. The summed E-state index contributed by atoms with van der Waals surface area (Å²) in [5.74, 6) is 6.36. The first-order valence-corrected chi connectivity index (χ1v) is 5.47. The van der Waals surface area contributed by atoms with Gasteiger partial charge in [0.1, 0.15) is 5.82 Å². The fourth-order valence-corrected chi connectivity index (χ4v) is 1.99. The van der Waals surface area contributed by atoms with Crippen LogP contribution in [-0.2, 0) is 0 Å². The van der Waals surface area contributed by atoms with Crippen LogP contribution in [0.3, 0.4) is 0 Å². The molecule has 0 unspecified atom stereocenters. The molecule has 1 fully saturated rings. The van der Waals surface area contributed by atoms with Gasteiger partial charge >= 0.3 is 0 Å². The molecular weight excluding hydrogens is 206 g/mol. The van der Waals surface area contributed by atoms with E-state index >= 15 is 0 Å². The van der Waals surface area contributed by atoms with Crippen LogP contribution in [0.1, 0.15) is 25.7 Å². The van der Waals surface area contributed by atoms with Crippen molar-refractivity contribution in [1.82, 2.24) is 9.97 Å². The van der Waals surface area contributed by atoms with Gasteiger partial charge < -0.3 is 15.8 Å². The molecular formula is C10H17N5O. The van der Waals surface area contributed by atoms with E-state index in [2.05, 4.69) is 20.7 Å². The molecule has 0 bridgehead atoms. The molecule has 6 heteroatoms. The highest BCUT2D eigenvalue weighted by atomic mass is 16.3. The molecule has 2 rings (SSSR count). The predicted octanol–water partition coefficient (Wildman–Crippen LogP) is 0.479. The zero-order valence-electron chi connectivity index (χ0n) is 9.11. The lowest BCUT2D eigenvalue weighted by Gasteiger charge is -2.22. The number of anilines is 2. The number of nitrogens with zero attached hydrogens (tertiary/aromatic N) is 2. The summed E-state index contributed by atoms with van der Waals surface area (Å²) in [5, 5.41) is 13.2. The molecule has 0 atom stereocenters. The van der Waals surface area contributed by atoms with E-state index in [1.54, 1.807) is 6.20 Å². The Hall–Kier alpha value is -1.40. The maximum atomic E-state index is 10.1. The van der Waals surface area contributed by atoms with Gasteiger partial charge in [-0.2, -0.15) is 0 Å². The van der Waals surface area contributed by atoms with Crippen molar-refractivity contribution in [2.45, 2.75) is 31.3 Å². The first kappa shape index (κ1) is 11.1. The summed E-state index contributed by atoms with van der Waals surface area (Å²) in [6, 6.07) is 0. The first-order chi connectivity index (χ1) is 7.72. The molecule has 0 saturated heterocycles. The van der Waals surface area contributed by atoms with Gasteiger partial charge in [0, 0.05) is 6.54 Å². The molecule has 1 saturated carbocycles. The second-order valence-electron chi connectivity index (χ2n) is 4.22. The number of nitrogen functional groups attached to an aromatic ring is 1. The van der Waals surface area contributed by atoms with Crippen molar-refractivity contribution < 1.29 is 5.11 Å². The van der Waals surface area contributed by atoms with E-state index in [0.717, 1.165) is 25.7 Å². The molecule has 0 aliphatic heterocycles. The zero-order chi connectivity index (χ0) is 11.4. The normalized spacial score (nSPS) is 18.4. The molecule has 0 spiro atoms. The highest BCUT2D eigenvalue weighted by molar-refractivity contribution is 5.40. The summed E-state index contributed by atoms with van der Waals surface area (Å²) in [7, 11) is 0. The molecule has 88 valence electrons. The lowest BCUT2D eigenvalue weighted by Crippen LogP contribution is -2.33. The molecule has 1 aromatic heterocycles. The maximum Gasteiger partial charge on any atom is 0.160 e. The van der Waals surface area contributed by atoms with Crippen LogP contribution in [0.5, 0.6) is 0 Å². The van der Waals surface area contributed by atoms with Gasteiger partial charge in [-0.05, 0) is 12.8 Å². The Morgan fingerprint density at radius 1 is 1.31 bits per heavy atom. The van der Waals surface area contributed by atoms with E-state index < -0.39 is 5.60 Å². The molecule has 0 amide bonds. The minimum Gasteiger partial charge on any atom is -0.388 e. The smallest absolute Gasteiger partial charge is 0.160 e. The van der Waals surface area contributed by atoms with E-state index in [-0.39, 0.29) is 0 Å². The largest absolute Gasteiger partial charge is 0.388 e. The van der Waals surface area contributed by atoms with Gasteiger partial charge in [-0.3, -0.25) is 4.98 Å². The lowest BCUT2D eigenvalue weighted by atomic mass is 10.0. The maximum absolute atomic E-state index is 10.1. The molecule has 16 heavy (non-hydrogen) atoms. The predicted molar refractivity (Wildman–Crippen MR) is 61.7 cm³/mol. The summed E-state index contributed by atoms with van der Waals surface area (Å²) in [6.45, 7) is 0.510. The average Bonchev–Trinajstić information content (AvgIpc) is 2.75. The number of hydrogen-bond donors (Lipinski definition) is 4. The molecule has 1 aliphatic carbocycles. The van der Waals surface area contributed by atoms with Gasteiger partial charge in [0.25, 0.3) is 0 Å². The number of hydrazine groups is 1. The monoisotopic (exact) mass is 223 g/mol. The second kappa shape index (κ2) is 4.63. The van der Waals surface area contributed by atoms with Crippen molar-refractivity contribution in [3.63, 3.8) is 0 Å². The number of rotatable bonds is 4. The topological polar surface area (TPSA) is 96.1 Å². The second-order valence-corrected chi connectivity index (χ2v) is 4.22. The molecule has 5 N–H and O–H groups in total. The van der Waals surface area contributed by atoms with Crippen molar-refractivity contribution in [1.29, 1.82) is 0 Å². The average molecular weight is 223 g/mol. The van der Waals surface area contributed by atoms with Crippen LogP contribution >= 0.6 is 0 Å². The number of nitrogens with one attached hydrogen (secondary N) is 2. The van der Waals surface area contributed by atoms with Gasteiger partial charge in [0.2, 0.25) is 0 Å². The van der Waals surface area contributed by atoms with Crippen molar-refractivity contribution in [2.75, 3.05) is 17.3 Å². The summed E-state index contributed by atoms with van der Waals surface area (Å²) in [4.78, 5) is 8.14. The van der Waals surface area contributed by atoms with Gasteiger partial charge in [-0.15, -0.1) is 0 Å². The van der Waals surface area contributed by atoms with Crippen LogP contribution in [0.2, 0.25) is 0 Å². The Bertz CT molecular complexity index is 351. The Kier molecular flexibility index (Phi) is 3.21. The van der Waals surface area contributed by atoms with Gasteiger partial charge in [0.15, 0.2) is 5.82 Å². The van der Waals surface area contributed by atoms with E-state index in [0.29, 0.717) is 18.2 Å². The van der Waals surface area contributed by atoms with Crippen molar-refractivity contribution in [3.8, 4) is 0 Å². The molecule has 0 aromatic carbocycles. The molecule has 1 aliphatic rings. The number of aliphatic hydroxyl groups is 1. The van der Waals surface area contributed by atoms with E-state index in [1.165, 1.54) is 6.20 Å². The third kappa shape index (κ3) is 2.59. The van der Waals surface area contributed by atoms with Crippen LogP contribution in [-0.4, -0.2) is 27.2 Å². The van der Waals surface area contributed by atoms with Gasteiger partial charge in [0.05, 0.1) is 18.0 Å². The van der Waals surface area contributed by atoms with Crippen molar-refractivity contribution >= 4 is 11.6 Å². The SMILES string of the molecule is NNc1cncc(NCC2(O)CCCC2)n1. The number of hydrogen-bond acceptors (Lipinski definition) is 6. The third-order valence-electron chi connectivity index (χ3n) is 2.92. The highest BCUT2D eigenvalue weighted by Gasteiger charge is 2.30. The van der Waals surface area contributed by atoms with Crippen LogP contribution in [0.15, 0.2) is 12.4 Å². The minimum absolute atomic E-state index is 0.503. The van der Waals surface area contributed by atoms with Crippen LogP contribution in [0, 0.1) is 0 Å². The summed E-state index contributed by atoms with van der Waals surface area (Å²) < 4.78 is 0. The van der Waals surface area contributed by atoms with Crippen LogP contribution in [0.25, 0.3) is 0 Å². The van der Waals surface area contributed by atoms with E-state index in [9.17, 15) is 5.11 Å². The fourth-order valence-electron chi connectivity index (χ4n) is 1.99. The van der Waals surface area contributed by atoms with Gasteiger partial charge in [-0.25, -0.2) is 10.8 Å². The minimum atomic E-state index is -0.589. The summed E-state index contributed by atoms with van der Waals surface area (Å²) in [5.41, 5.74) is 1.84. The Balaban J connectivity index is 1.93. The van der Waals surface area contributed by atoms with Crippen molar-refractivity contribution in [3.05, 3.63) is 12.4 Å². The van der Waals surface area contributed by atoms with Crippen LogP contribution in [0.4, 0.5) is 11.6 Å². The molecule has 1 heterocycles. The van der Waals surface area contributed by atoms with Crippen molar-refractivity contribution in [2.24, 2.45) is 5.84 Å². The number of aromatic nitrogens is 2. The highest BCUT2D eigenvalue weighted by Crippen LogP contribution is 2.29. The Morgan fingerprint density at radius 2 is 2.00 bits per heavy atom. The fraction of sp³-hybridized carbons (Fsp3) is 0.600. The Morgan fingerprint density at radius 3 is 2.69 bits per heavy atom.